The van der Waals surface area contributed by atoms with Gasteiger partial charge in [-0.25, -0.2) is 0 Å². The smallest absolute Gasteiger partial charge is 0.288 e. The Morgan fingerprint density at radius 1 is 1.35 bits per heavy atom. The number of hydrogen-bond donors (Lipinski definition) is 2. The minimum Gasteiger partial charge on any atom is -0.368 e. The van der Waals surface area contributed by atoms with Crippen molar-refractivity contribution in [3.8, 4) is 0 Å². The number of carbonyl (C=O) groups excluding carboxylic acids is 2. The van der Waals surface area contributed by atoms with E-state index in [4.69, 9.17) is 4.74 Å². The van der Waals surface area contributed by atoms with Crippen LogP contribution in [0.3, 0.4) is 0 Å². The molecule has 1 aliphatic heterocycles. The van der Waals surface area contributed by atoms with Gasteiger partial charge in [-0.15, -0.1) is 0 Å². The van der Waals surface area contributed by atoms with Crippen molar-refractivity contribution < 1.29 is 14.3 Å². The normalized spacial score (nSPS) is 18.7. The van der Waals surface area contributed by atoms with E-state index in [1.807, 2.05) is 0 Å². The van der Waals surface area contributed by atoms with Gasteiger partial charge in [-0.1, -0.05) is 6.07 Å². The molecule has 6 nitrogen and oxygen atoms in total. The number of pyridine rings is 1. The second-order valence-electron chi connectivity index (χ2n) is 3.66. The summed E-state index contributed by atoms with van der Waals surface area (Å²) in [4.78, 5) is 26.9. The molecule has 1 aromatic rings. The highest BCUT2D eigenvalue weighted by molar-refractivity contribution is 5.94. The quantitative estimate of drug-likeness (QED) is 0.708. The van der Waals surface area contributed by atoms with Crippen LogP contribution in [0, 0.1) is 0 Å². The van der Waals surface area contributed by atoms with Gasteiger partial charge in [0.05, 0.1) is 0 Å². The summed E-state index contributed by atoms with van der Waals surface area (Å²) in [6, 6.07) is 4.97. The Morgan fingerprint density at radius 3 is 2.88 bits per heavy atom. The van der Waals surface area contributed by atoms with E-state index in [1.165, 1.54) is 6.20 Å². The van der Waals surface area contributed by atoms with Crippen LogP contribution in [0.1, 0.15) is 23.3 Å². The molecule has 17 heavy (non-hydrogen) atoms. The molecule has 1 saturated heterocycles. The molecule has 0 radical (unpaired) electrons. The van der Waals surface area contributed by atoms with E-state index in [2.05, 4.69) is 15.8 Å². The van der Waals surface area contributed by atoms with Gasteiger partial charge in [-0.3, -0.25) is 25.4 Å². The second-order valence-corrected chi connectivity index (χ2v) is 3.66. The van der Waals surface area contributed by atoms with E-state index in [-0.39, 0.29) is 11.6 Å². The zero-order chi connectivity index (χ0) is 12.1. The second kappa shape index (κ2) is 5.40. The molecule has 1 aromatic heterocycles. The Balaban J connectivity index is 1.82. The molecule has 1 atom stereocenters. The summed E-state index contributed by atoms with van der Waals surface area (Å²) in [7, 11) is 0. The zero-order valence-electron chi connectivity index (χ0n) is 9.18. The van der Waals surface area contributed by atoms with Crippen LogP contribution in [0.15, 0.2) is 24.4 Å². The van der Waals surface area contributed by atoms with Gasteiger partial charge in [-0.2, -0.15) is 0 Å². The molecule has 2 amide bonds. The first kappa shape index (κ1) is 11.5. The lowest BCUT2D eigenvalue weighted by Gasteiger charge is -2.10. The van der Waals surface area contributed by atoms with Crippen LogP contribution >= 0.6 is 0 Å². The first-order chi connectivity index (χ1) is 8.27. The standard InChI is InChI=1S/C11H13N3O3/c15-10(8-4-1-2-6-12-8)13-14-11(16)9-5-3-7-17-9/h1-2,4,6,9H,3,5,7H2,(H,13,15)(H,14,16)/t9-/m1/s1. The van der Waals surface area contributed by atoms with Crippen LogP contribution in [-0.4, -0.2) is 29.5 Å². The average Bonchev–Trinajstić information content (AvgIpc) is 2.90. The van der Waals surface area contributed by atoms with Gasteiger partial charge in [0.15, 0.2) is 0 Å². The van der Waals surface area contributed by atoms with E-state index < -0.39 is 12.0 Å². The van der Waals surface area contributed by atoms with Crippen LogP contribution in [0.2, 0.25) is 0 Å². The Morgan fingerprint density at radius 2 is 2.24 bits per heavy atom. The third-order valence-electron chi connectivity index (χ3n) is 2.42. The number of rotatable bonds is 2. The maximum atomic E-state index is 11.5. The van der Waals surface area contributed by atoms with Crippen LogP contribution in [0.25, 0.3) is 0 Å². The maximum absolute atomic E-state index is 11.5. The lowest BCUT2D eigenvalue weighted by Crippen LogP contribution is -2.46. The molecule has 1 aliphatic rings. The van der Waals surface area contributed by atoms with Gasteiger partial charge in [0.2, 0.25) is 0 Å². The first-order valence-corrected chi connectivity index (χ1v) is 5.40. The fourth-order valence-electron chi connectivity index (χ4n) is 1.54. The number of aromatic nitrogens is 1. The average molecular weight is 235 g/mol. The molecule has 90 valence electrons. The highest BCUT2D eigenvalue weighted by Crippen LogP contribution is 2.11. The number of amides is 2. The van der Waals surface area contributed by atoms with Gasteiger partial charge in [0.1, 0.15) is 11.8 Å². The molecule has 0 aromatic carbocycles. The molecule has 0 unspecified atom stereocenters. The van der Waals surface area contributed by atoms with Crippen molar-refractivity contribution in [2.45, 2.75) is 18.9 Å². The maximum Gasteiger partial charge on any atom is 0.288 e. The predicted molar refractivity (Wildman–Crippen MR) is 58.8 cm³/mol. The Bertz CT molecular complexity index is 402. The SMILES string of the molecule is O=C(NNC(=O)[C@H]1CCCO1)c1ccccn1. The molecule has 0 bridgehead atoms. The fraction of sp³-hybridized carbons (Fsp3) is 0.364. The lowest BCUT2D eigenvalue weighted by atomic mass is 10.2. The van der Waals surface area contributed by atoms with E-state index >= 15 is 0 Å². The summed E-state index contributed by atoms with van der Waals surface area (Å²) >= 11 is 0. The van der Waals surface area contributed by atoms with Crippen molar-refractivity contribution in [3.05, 3.63) is 30.1 Å². The summed E-state index contributed by atoms with van der Waals surface area (Å²) in [5.74, 6) is -0.774. The Kier molecular flexibility index (Phi) is 3.66. The van der Waals surface area contributed by atoms with E-state index in [9.17, 15) is 9.59 Å². The minimum absolute atomic E-state index is 0.250. The molecule has 0 spiro atoms. The van der Waals surface area contributed by atoms with Gasteiger partial charge in [0.25, 0.3) is 11.8 Å². The zero-order valence-corrected chi connectivity index (χ0v) is 9.18. The van der Waals surface area contributed by atoms with Gasteiger partial charge >= 0.3 is 0 Å². The van der Waals surface area contributed by atoms with Crippen LogP contribution < -0.4 is 10.9 Å². The first-order valence-electron chi connectivity index (χ1n) is 5.40. The van der Waals surface area contributed by atoms with Gasteiger partial charge in [0, 0.05) is 12.8 Å². The van der Waals surface area contributed by atoms with Crippen molar-refractivity contribution in [1.82, 2.24) is 15.8 Å². The van der Waals surface area contributed by atoms with Crippen LogP contribution in [-0.2, 0) is 9.53 Å². The number of nitrogens with zero attached hydrogens (tertiary/aromatic N) is 1. The minimum atomic E-state index is -0.459. The summed E-state index contributed by atoms with van der Waals surface area (Å²) in [6.07, 6.45) is 2.60. The highest BCUT2D eigenvalue weighted by Gasteiger charge is 2.23. The van der Waals surface area contributed by atoms with Crippen molar-refractivity contribution in [2.24, 2.45) is 0 Å². The van der Waals surface area contributed by atoms with Gasteiger partial charge < -0.3 is 4.74 Å². The molecule has 2 N–H and O–H groups in total. The Labute approximate surface area is 98.3 Å². The third-order valence-corrected chi connectivity index (χ3v) is 2.42. The monoisotopic (exact) mass is 235 g/mol. The molecule has 2 heterocycles. The van der Waals surface area contributed by atoms with Crippen molar-refractivity contribution >= 4 is 11.8 Å². The number of carbonyl (C=O) groups is 2. The number of ether oxygens (including phenoxy) is 1. The molecule has 0 aliphatic carbocycles. The van der Waals surface area contributed by atoms with Crippen molar-refractivity contribution in [3.63, 3.8) is 0 Å². The summed E-state index contributed by atoms with van der Waals surface area (Å²) in [6.45, 7) is 0.590. The number of nitrogens with one attached hydrogen (secondary N) is 2. The molecule has 6 heteroatoms. The van der Waals surface area contributed by atoms with Gasteiger partial charge in [-0.05, 0) is 25.0 Å². The molecule has 2 rings (SSSR count). The fourth-order valence-corrected chi connectivity index (χ4v) is 1.54. The third kappa shape index (κ3) is 3.01. The molecular weight excluding hydrogens is 222 g/mol. The van der Waals surface area contributed by atoms with Crippen molar-refractivity contribution in [2.75, 3.05) is 6.61 Å². The lowest BCUT2D eigenvalue weighted by molar-refractivity contribution is -0.130. The summed E-state index contributed by atoms with van der Waals surface area (Å²) in [5.41, 5.74) is 4.86. The highest BCUT2D eigenvalue weighted by atomic mass is 16.5. The summed E-state index contributed by atoms with van der Waals surface area (Å²) in [5, 5.41) is 0. The molecular formula is C11H13N3O3. The largest absolute Gasteiger partial charge is 0.368 e. The van der Waals surface area contributed by atoms with Crippen LogP contribution in [0.5, 0.6) is 0 Å². The number of hydrazine groups is 1. The van der Waals surface area contributed by atoms with E-state index in [0.29, 0.717) is 13.0 Å². The van der Waals surface area contributed by atoms with E-state index in [1.54, 1.807) is 18.2 Å². The number of hydrogen-bond acceptors (Lipinski definition) is 4. The van der Waals surface area contributed by atoms with Crippen molar-refractivity contribution in [1.29, 1.82) is 0 Å². The Hall–Kier alpha value is -1.95. The topological polar surface area (TPSA) is 80.3 Å². The molecule has 0 saturated carbocycles. The van der Waals surface area contributed by atoms with E-state index in [0.717, 1.165) is 6.42 Å². The van der Waals surface area contributed by atoms with Crippen LogP contribution in [0.4, 0.5) is 0 Å². The molecule has 1 fully saturated rings. The summed E-state index contributed by atoms with van der Waals surface area (Å²) < 4.78 is 5.17. The predicted octanol–water partition coefficient (Wildman–Crippen LogP) is 0.0216.